The van der Waals surface area contributed by atoms with Crippen molar-refractivity contribution in [3.05, 3.63) is 89.5 Å². The van der Waals surface area contributed by atoms with E-state index in [4.69, 9.17) is 16.3 Å². The molecule has 0 bridgehead atoms. The number of anilines is 1. The second kappa shape index (κ2) is 10.2. The Morgan fingerprint density at radius 3 is 2.38 bits per heavy atom. The van der Waals surface area contributed by atoms with Gasteiger partial charge in [-0.05, 0) is 24.1 Å². The minimum atomic E-state index is -1.38. The van der Waals surface area contributed by atoms with E-state index in [9.17, 15) is 19.5 Å². The molecule has 208 valence electrons. The van der Waals surface area contributed by atoms with E-state index in [1.165, 1.54) is 4.90 Å². The fourth-order valence-corrected chi connectivity index (χ4v) is 7.23. The maximum absolute atomic E-state index is 14.4. The van der Waals surface area contributed by atoms with Gasteiger partial charge in [0.05, 0.1) is 34.8 Å². The fourth-order valence-electron chi connectivity index (χ4n) is 6.99. The molecule has 0 aromatic heterocycles. The summed E-state index contributed by atoms with van der Waals surface area (Å²) in [4.78, 5) is 47.7. The number of carbonyl (C=O) groups excluding carboxylic acids is 3. The summed E-state index contributed by atoms with van der Waals surface area (Å²) >= 11 is 6.49. The minimum absolute atomic E-state index is 0.0509. The number of benzene rings is 2. The molecule has 9 heteroatoms. The minimum Gasteiger partial charge on any atom is -0.395 e. The molecule has 1 N–H and O–H groups in total. The highest BCUT2D eigenvalue weighted by atomic mass is 35.5. The van der Waals surface area contributed by atoms with E-state index >= 15 is 0 Å². The molecular weight excluding hydrogens is 530 g/mol. The molecule has 2 fully saturated rings. The molecule has 8 nitrogen and oxygen atoms in total. The average molecular weight is 562 g/mol. The summed E-state index contributed by atoms with van der Waals surface area (Å²) < 4.78 is 6.93. The summed E-state index contributed by atoms with van der Waals surface area (Å²) in [5, 5.41) is 10.3. The van der Waals surface area contributed by atoms with Crippen molar-refractivity contribution in [1.29, 1.82) is 0 Å². The molecule has 2 aromatic carbocycles. The van der Waals surface area contributed by atoms with Crippen LogP contribution in [0.3, 0.4) is 0 Å². The van der Waals surface area contributed by atoms with Crippen molar-refractivity contribution in [2.24, 2.45) is 11.8 Å². The summed E-state index contributed by atoms with van der Waals surface area (Å²) in [6.45, 7) is 2.58. The summed E-state index contributed by atoms with van der Waals surface area (Å²) in [6, 6.07) is 15.7. The first kappa shape index (κ1) is 26.7. The average Bonchev–Trinajstić information content (AvgIpc) is 3.24. The number of hydrogen-bond donors (Lipinski definition) is 1. The molecule has 3 amide bonds. The van der Waals surface area contributed by atoms with E-state index in [0.29, 0.717) is 30.2 Å². The number of aliphatic hydroxyl groups excluding tert-OH is 1. The van der Waals surface area contributed by atoms with E-state index < -0.39 is 29.1 Å². The zero-order valence-corrected chi connectivity index (χ0v) is 23.0. The Balaban J connectivity index is 1.46. The van der Waals surface area contributed by atoms with E-state index in [1.54, 1.807) is 40.1 Å². The van der Waals surface area contributed by atoms with Crippen molar-refractivity contribution >= 4 is 35.0 Å². The smallest absolute Gasteiger partial charge is 0.253 e. The Morgan fingerprint density at radius 2 is 1.65 bits per heavy atom. The first-order valence-corrected chi connectivity index (χ1v) is 14.1. The van der Waals surface area contributed by atoms with Gasteiger partial charge in [0, 0.05) is 26.2 Å². The van der Waals surface area contributed by atoms with Gasteiger partial charge in [-0.3, -0.25) is 14.4 Å². The van der Waals surface area contributed by atoms with Crippen LogP contribution in [0, 0.1) is 11.8 Å². The van der Waals surface area contributed by atoms with Gasteiger partial charge in [-0.15, -0.1) is 0 Å². The molecule has 0 saturated carbocycles. The van der Waals surface area contributed by atoms with Crippen LogP contribution in [0.15, 0.2) is 78.9 Å². The molecule has 2 aromatic rings. The second-order valence-corrected chi connectivity index (χ2v) is 11.2. The van der Waals surface area contributed by atoms with Crippen LogP contribution in [0.5, 0.6) is 0 Å². The number of halogens is 1. The maximum Gasteiger partial charge on any atom is 0.253 e. The van der Waals surface area contributed by atoms with Crippen molar-refractivity contribution < 1.29 is 24.2 Å². The molecule has 40 heavy (non-hydrogen) atoms. The number of fused-ring (bicyclic) bond motifs is 2. The molecule has 1 spiro atoms. The van der Waals surface area contributed by atoms with Crippen LogP contribution in [0.4, 0.5) is 5.69 Å². The molecule has 0 radical (unpaired) electrons. The normalized spacial score (nSPS) is 31.2. The van der Waals surface area contributed by atoms with Crippen LogP contribution in [0.25, 0.3) is 0 Å². The molecule has 2 saturated heterocycles. The Morgan fingerprint density at radius 1 is 0.925 bits per heavy atom. The van der Waals surface area contributed by atoms with Crippen molar-refractivity contribution in [3.8, 4) is 0 Å². The van der Waals surface area contributed by atoms with Gasteiger partial charge >= 0.3 is 0 Å². The van der Waals surface area contributed by atoms with Gasteiger partial charge in [-0.25, -0.2) is 0 Å². The lowest BCUT2D eigenvalue weighted by molar-refractivity contribution is -0.150. The molecule has 5 atom stereocenters. The first-order valence-electron chi connectivity index (χ1n) is 13.7. The van der Waals surface area contributed by atoms with Crippen molar-refractivity contribution in [3.63, 3.8) is 0 Å². The van der Waals surface area contributed by atoms with E-state index in [-0.39, 0.29) is 37.4 Å². The monoisotopic (exact) mass is 561 g/mol. The van der Waals surface area contributed by atoms with Crippen LogP contribution >= 0.6 is 11.6 Å². The van der Waals surface area contributed by atoms with Crippen LogP contribution in [-0.2, 0) is 25.7 Å². The molecule has 1 unspecified atom stereocenters. The van der Waals surface area contributed by atoms with Crippen molar-refractivity contribution in [2.45, 2.75) is 37.1 Å². The number of rotatable bonds is 6. The quantitative estimate of drug-likeness (QED) is 0.547. The highest BCUT2D eigenvalue weighted by Crippen LogP contribution is 2.58. The molecule has 0 aliphatic carbocycles. The van der Waals surface area contributed by atoms with E-state index in [0.717, 1.165) is 5.56 Å². The Labute approximate surface area is 238 Å². The van der Waals surface area contributed by atoms with Crippen molar-refractivity contribution in [2.75, 3.05) is 31.1 Å². The largest absolute Gasteiger partial charge is 0.395 e. The number of β-amino-alcohol motifs (C(OH)–C–C–N with tert-alkyl or cyclic N) is 1. The second-order valence-electron chi connectivity index (χ2n) is 10.8. The maximum atomic E-state index is 14.4. The topological polar surface area (TPSA) is 90.4 Å². The number of hydrogen-bond acceptors (Lipinski definition) is 5. The van der Waals surface area contributed by atoms with E-state index in [1.807, 2.05) is 55.5 Å². The summed E-state index contributed by atoms with van der Waals surface area (Å²) in [5.41, 5.74) is -0.927. The lowest BCUT2D eigenvalue weighted by Crippen LogP contribution is -2.56. The van der Waals surface area contributed by atoms with Crippen molar-refractivity contribution in [1.82, 2.24) is 9.80 Å². The lowest BCUT2D eigenvalue weighted by atomic mass is 9.73. The Bertz CT molecular complexity index is 1400. The highest BCUT2D eigenvalue weighted by molar-refractivity contribution is 6.34. The number of amides is 3. The van der Waals surface area contributed by atoms with Crippen LogP contribution in [0.1, 0.15) is 18.9 Å². The molecule has 6 rings (SSSR count). The number of ether oxygens (including phenoxy) is 1. The van der Waals surface area contributed by atoms with Gasteiger partial charge in [-0.1, -0.05) is 85.3 Å². The predicted molar refractivity (Wildman–Crippen MR) is 150 cm³/mol. The summed E-state index contributed by atoms with van der Waals surface area (Å²) in [6.07, 6.45) is 7.94. The van der Waals surface area contributed by atoms with Crippen LogP contribution < -0.4 is 4.90 Å². The third-order valence-electron chi connectivity index (χ3n) is 8.72. The van der Waals surface area contributed by atoms with Gasteiger partial charge in [0.2, 0.25) is 11.8 Å². The number of aliphatic hydroxyl groups is 1. The number of para-hydroxylation sites is 1. The molecule has 4 aliphatic heterocycles. The van der Waals surface area contributed by atoms with Crippen LogP contribution in [-0.4, -0.2) is 76.1 Å². The highest BCUT2D eigenvalue weighted by Gasteiger charge is 2.75. The van der Waals surface area contributed by atoms with Gasteiger partial charge in [-0.2, -0.15) is 0 Å². The summed E-state index contributed by atoms with van der Waals surface area (Å²) in [7, 11) is 0. The third-order valence-corrected chi connectivity index (χ3v) is 9.04. The number of nitrogens with zero attached hydrogens (tertiary/aromatic N) is 3. The number of likely N-dealkylation sites (tertiary alicyclic amines) is 1. The molecule has 4 aliphatic rings. The Hall–Kier alpha value is -3.46. The van der Waals surface area contributed by atoms with Gasteiger partial charge < -0.3 is 24.5 Å². The van der Waals surface area contributed by atoms with Gasteiger partial charge in [0.25, 0.3) is 5.91 Å². The standard InChI is InChI=1S/C31H32ClN3O5/c1-2-30-14-8-16-33(20-21-10-4-3-5-11-21)27(37)24(30)25-28(38)35(18-19-36)26-29(39)34(17-9-15-31(25,26)40-30)23-13-7-6-12-22(23)32/h3-15,24-26,36H,2,16-20H2,1H3/t24-,25+,26?,30+,31+/m1/s1. The zero-order chi connectivity index (χ0) is 28.1. The zero-order valence-electron chi connectivity index (χ0n) is 22.3. The SMILES string of the molecule is CC[C@]12C=CCN(Cc3ccccc3)C(=O)[C@H]1[C@H]1C(=O)N(CCO)C3C(=O)N(c4ccccc4Cl)CC=C[C@@]31O2. The summed E-state index contributed by atoms with van der Waals surface area (Å²) in [5.74, 6) is -2.65. The lowest BCUT2D eigenvalue weighted by Gasteiger charge is -2.38. The van der Waals surface area contributed by atoms with Gasteiger partial charge in [0.1, 0.15) is 11.6 Å². The molecular formula is C31H32ClN3O5. The molecule has 4 heterocycles. The fraction of sp³-hybridized carbons (Fsp3) is 0.387. The number of carbonyl (C=O) groups is 3. The third kappa shape index (κ3) is 3.92. The van der Waals surface area contributed by atoms with Gasteiger partial charge in [0.15, 0.2) is 0 Å². The van der Waals surface area contributed by atoms with E-state index in [2.05, 4.69) is 0 Å². The first-order chi connectivity index (χ1) is 19.4. The van der Waals surface area contributed by atoms with Crippen LogP contribution in [0.2, 0.25) is 5.02 Å². The Kier molecular flexibility index (Phi) is 6.81. The predicted octanol–water partition coefficient (Wildman–Crippen LogP) is 3.19.